The first-order chi connectivity index (χ1) is 5.81. The molecule has 1 nitrogen and oxygen atoms in total. The van der Waals surface area contributed by atoms with E-state index in [0.717, 1.165) is 6.54 Å². The topological polar surface area (TPSA) is 26.0 Å². The molecule has 0 fully saturated rings. The number of allylic oxidation sites excluding steroid dienone is 3. The minimum atomic E-state index is 0.835. The van der Waals surface area contributed by atoms with Crippen molar-refractivity contribution in [3.63, 3.8) is 0 Å². The van der Waals surface area contributed by atoms with Crippen LogP contribution in [0.2, 0.25) is 0 Å². The average molecular weight is 167 g/mol. The van der Waals surface area contributed by atoms with Crippen LogP contribution in [-0.4, -0.2) is 6.54 Å². The van der Waals surface area contributed by atoms with Gasteiger partial charge in [0.1, 0.15) is 0 Å². The van der Waals surface area contributed by atoms with Gasteiger partial charge in [-0.2, -0.15) is 0 Å². The van der Waals surface area contributed by atoms with Crippen molar-refractivity contribution in [2.75, 3.05) is 6.54 Å². The summed E-state index contributed by atoms with van der Waals surface area (Å²) in [5.74, 6) is 0. The van der Waals surface area contributed by atoms with E-state index in [1.165, 1.54) is 37.7 Å². The molecule has 2 N–H and O–H groups in total. The second-order valence-electron chi connectivity index (χ2n) is 3.14. The Morgan fingerprint density at radius 1 is 1.25 bits per heavy atom. The summed E-state index contributed by atoms with van der Waals surface area (Å²) < 4.78 is 0. The molecule has 0 radical (unpaired) electrons. The van der Waals surface area contributed by atoms with Crippen LogP contribution in [0.1, 0.15) is 39.0 Å². The van der Waals surface area contributed by atoms with Crippen LogP contribution in [0.15, 0.2) is 24.3 Å². The molecule has 0 aromatic heterocycles. The highest BCUT2D eigenvalue weighted by atomic mass is 14.5. The predicted octanol–water partition coefficient (Wildman–Crippen LogP) is 3.03. The molecule has 0 aliphatic carbocycles. The van der Waals surface area contributed by atoms with Crippen molar-refractivity contribution in [3.8, 4) is 0 Å². The van der Waals surface area contributed by atoms with Gasteiger partial charge in [0.05, 0.1) is 0 Å². The van der Waals surface area contributed by atoms with Crippen LogP contribution in [0.5, 0.6) is 0 Å². The minimum absolute atomic E-state index is 0.835. The Balaban J connectivity index is 3.15. The van der Waals surface area contributed by atoms with E-state index in [2.05, 4.69) is 19.6 Å². The Hall–Kier alpha value is -0.560. The molecule has 0 atom stereocenters. The third-order valence-electron chi connectivity index (χ3n) is 1.95. The zero-order valence-electron chi connectivity index (χ0n) is 8.18. The van der Waals surface area contributed by atoms with Gasteiger partial charge in [0.2, 0.25) is 0 Å². The maximum absolute atomic E-state index is 5.39. The quantitative estimate of drug-likeness (QED) is 0.458. The van der Waals surface area contributed by atoms with Gasteiger partial charge in [-0.1, -0.05) is 37.1 Å². The first-order valence-electron chi connectivity index (χ1n) is 4.80. The van der Waals surface area contributed by atoms with Crippen molar-refractivity contribution >= 4 is 0 Å². The zero-order chi connectivity index (χ0) is 9.23. The van der Waals surface area contributed by atoms with E-state index in [1.807, 2.05) is 6.08 Å². The van der Waals surface area contributed by atoms with Crippen molar-refractivity contribution in [1.29, 1.82) is 0 Å². The molecule has 0 aromatic rings. The summed E-state index contributed by atoms with van der Waals surface area (Å²) in [6.07, 6.45) is 10.4. The lowest BCUT2D eigenvalue weighted by Crippen LogP contribution is -1.97. The average Bonchev–Trinajstić information content (AvgIpc) is 2.10. The first kappa shape index (κ1) is 11.4. The van der Waals surface area contributed by atoms with Gasteiger partial charge in [-0.15, -0.1) is 0 Å². The van der Waals surface area contributed by atoms with Gasteiger partial charge >= 0.3 is 0 Å². The van der Waals surface area contributed by atoms with Gasteiger partial charge in [0.15, 0.2) is 0 Å². The monoisotopic (exact) mass is 167 g/mol. The third kappa shape index (κ3) is 7.55. The normalized spacial score (nSPS) is 11.7. The molecule has 0 aromatic carbocycles. The molecule has 70 valence electrons. The van der Waals surface area contributed by atoms with Gasteiger partial charge in [-0.25, -0.2) is 0 Å². The van der Waals surface area contributed by atoms with Crippen LogP contribution >= 0.6 is 0 Å². The van der Waals surface area contributed by atoms with E-state index in [0.29, 0.717) is 0 Å². The second kappa shape index (κ2) is 8.54. The van der Waals surface area contributed by atoms with E-state index in [-0.39, 0.29) is 0 Å². The molecule has 0 aliphatic heterocycles. The molecule has 0 heterocycles. The van der Waals surface area contributed by atoms with Crippen LogP contribution < -0.4 is 5.73 Å². The number of nitrogens with two attached hydrogens (primary N) is 1. The molecular formula is C11H21N. The largest absolute Gasteiger partial charge is 0.330 e. The summed E-state index contributed by atoms with van der Waals surface area (Å²) in [6.45, 7) is 6.63. The molecule has 0 spiro atoms. The smallest absolute Gasteiger partial charge is 0.00773 e. The highest BCUT2D eigenvalue weighted by Crippen LogP contribution is 2.05. The summed E-state index contributed by atoms with van der Waals surface area (Å²) in [7, 11) is 0. The number of hydrogen-bond acceptors (Lipinski definition) is 1. The van der Waals surface area contributed by atoms with Gasteiger partial charge in [0.25, 0.3) is 0 Å². The molecule has 0 bridgehead atoms. The minimum Gasteiger partial charge on any atom is -0.330 e. The van der Waals surface area contributed by atoms with E-state index in [4.69, 9.17) is 5.73 Å². The maximum atomic E-state index is 5.39. The Bertz CT molecular complexity index is 136. The lowest BCUT2D eigenvalue weighted by molar-refractivity contribution is 0.652. The lowest BCUT2D eigenvalue weighted by atomic mass is 10.1. The fourth-order valence-corrected chi connectivity index (χ4v) is 1.06. The van der Waals surface area contributed by atoms with Crippen LogP contribution in [0, 0.1) is 0 Å². The molecule has 0 amide bonds. The summed E-state index contributed by atoms with van der Waals surface area (Å²) in [5.41, 5.74) is 6.67. The van der Waals surface area contributed by atoms with Crippen LogP contribution in [-0.2, 0) is 0 Å². The Morgan fingerprint density at radius 2 is 1.92 bits per heavy atom. The molecule has 0 aliphatic rings. The summed E-state index contributed by atoms with van der Waals surface area (Å²) in [5, 5.41) is 0. The Kier molecular flexibility index (Phi) is 8.14. The number of unbranched alkanes of at least 4 members (excludes halogenated alkanes) is 4. The van der Waals surface area contributed by atoms with Crippen LogP contribution in [0.25, 0.3) is 0 Å². The van der Waals surface area contributed by atoms with Crippen molar-refractivity contribution in [1.82, 2.24) is 0 Å². The van der Waals surface area contributed by atoms with Crippen molar-refractivity contribution in [3.05, 3.63) is 24.3 Å². The molecule has 0 saturated carbocycles. The maximum Gasteiger partial charge on any atom is -0.00773 e. The fourth-order valence-electron chi connectivity index (χ4n) is 1.06. The Morgan fingerprint density at radius 3 is 2.50 bits per heavy atom. The van der Waals surface area contributed by atoms with Gasteiger partial charge < -0.3 is 5.73 Å². The Labute approximate surface area is 76.3 Å². The first-order valence-corrected chi connectivity index (χ1v) is 4.80. The van der Waals surface area contributed by atoms with Crippen molar-refractivity contribution in [2.24, 2.45) is 5.73 Å². The molecule has 0 unspecified atom stereocenters. The third-order valence-corrected chi connectivity index (χ3v) is 1.95. The van der Waals surface area contributed by atoms with Crippen molar-refractivity contribution in [2.45, 2.75) is 39.0 Å². The van der Waals surface area contributed by atoms with Gasteiger partial charge in [-0.05, 0) is 32.7 Å². The van der Waals surface area contributed by atoms with E-state index in [1.54, 1.807) is 0 Å². The van der Waals surface area contributed by atoms with Crippen LogP contribution in [0.4, 0.5) is 0 Å². The molecule has 12 heavy (non-hydrogen) atoms. The highest BCUT2D eigenvalue weighted by molar-refractivity contribution is 5.12. The van der Waals surface area contributed by atoms with Gasteiger partial charge in [-0.3, -0.25) is 0 Å². The molecule has 0 saturated heterocycles. The van der Waals surface area contributed by atoms with E-state index < -0.39 is 0 Å². The van der Waals surface area contributed by atoms with Crippen molar-refractivity contribution < 1.29 is 0 Å². The van der Waals surface area contributed by atoms with Crippen LogP contribution in [0.3, 0.4) is 0 Å². The summed E-state index contributed by atoms with van der Waals surface area (Å²) in [4.78, 5) is 0. The SMILES string of the molecule is C=C/C(C)=C\CCCCCCN. The zero-order valence-corrected chi connectivity index (χ0v) is 8.18. The standard InChI is InChI=1S/C11H21N/c1-3-11(2)9-7-5-4-6-8-10-12/h3,9H,1,4-8,10,12H2,2H3/b11-9-. The predicted molar refractivity (Wildman–Crippen MR) is 56.1 cm³/mol. The van der Waals surface area contributed by atoms with E-state index in [9.17, 15) is 0 Å². The second-order valence-corrected chi connectivity index (χ2v) is 3.14. The summed E-state index contributed by atoms with van der Waals surface area (Å²) >= 11 is 0. The number of hydrogen-bond donors (Lipinski definition) is 1. The molecule has 1 heteroatoms. The number of rotatable bonds is 7. The highest BCUT2D eigenvalue weighted by Gasteiger charge is 1.87. The molecule has 0 rings (SSSR count). The van der Waals surface area contributed by atoms with E-state index >= 15 is 0 Å². The molecular weight excluding hydrogens is 146 g/mol. The fraction of sp³-hybridized carbons (Fsp3) is 0.636. The van der Waals surface area contributed by atoms with Gasteiger partial charge in [0, 0.05) is 0 Å². The summed E-state index contributed by atoms with van der Waals surface area (Å²) in [6, 6.07) is 0. The lowest BCUT2D eigenvalue weighted by Gasteiger charge is -1.96.